The zero-order valence-corrected chi connectivity index (χ0v) is 22.3. The van der Waals surface area contributed by atoms with Crippen molar-refractivity contribution in [3.05, 3.63) is 143 Å². The summed E-state index contributed by atoms with van der Waals surface area (Å²) >= 11 is 0. The van der Waals surface area contributed by atoms with Gasteiger partial charge in [-0.05, 0) is 70.8 Å². The van der Waals surface area contributed by atoms with Crippen LogP contribution in [-0.4, -0.2) is 28.7 Å². The molecule has 2 fully saturated rings. The van der Waals surface area contributed by atoms with Gasteiger partial charge in [0.1, 0.15) is 35.3 Å². The average molecular weight is 597 g/mol. The number of aliphatic hydroxyl groups is 1. The van der Waals surface area contributed by atoms with Gasteiger partial charge in [-0.25, -0.2) is 27.3 Å². The lowest BCUT2D eigenvalue weighted by molar-refractivity contribution is -0.507. The van der Waals surface area contributed by atoms with E-state index in [1.54, 1.807) is 0 Å². The maximum atomic E-state index is 14.0. The molecule has 4 aromatic rings. The molecule has 222 valence electrons. The molecular formula is C32H24F4O7. The van der Waals surface area contributed by atoms with E-state index < -0.39 is 71.1 Å². The molecule has 2 saturated heterocycles. The second-order valence-corrected chi connectivity index (χ2v) is 10.7. The van der Waals surface area contributed by atoms with Gasteiger partial charge >= 0.3 is 5.97 Å². The first-order chi connectivity index (χ1) is 20.6. The number of ether oxygens (including phenoxy) is 1. The fraction of sp³-hybridized carbons (Fsp3) is 0.219. The molecule has 0 radical (unpaired) electrons. The molecule has 6 rings (SSSR count). The second-order valence-electron chi connectivity index (χ2n) is 10.7. The molecule has 43 heavy (non-hydrogen) atoms. The van der Waals surface area contributed by atoms with Crippen LogP contribution in [0.2, 0.25) is 0 Å². The molecule has 0 spiro atoms. The van der Waals surface area contributed by atoms with Crippen LogP contribution in [0.4, 0.5) is 17.6 Å². The molecule has 0 aliphatic carbocycles. The van der Waals surface area contributed by atoms with E-state index in [-0.39, 0.29) is 22.3 Å². The summed E-state index contributed by atoms with van der Waals surface area (Å²) in [6.45, 7) is -0.677. The fourth-order valence-electron chi connectivity index (χ4n) is 6.06. The number of carbonyl (C=O) groups excluding carboxylic acids is 1. The van der Waals surface area contributed by atoms with Crippen LogP contribution in [0.5, 0.6) is 0 Å². The lowest BCUT2D eigenvalue weighted by Crippen LogP contribution is -2.62. The molecule has 4 aromatic carbocycles. The van der Waals surface area contributed by atoms with Crippen molar-refractivity contribution in [3.8, 4) is 0 Å². The highest BCUT2D eigenvalue weighted by atomic mass is 19.1. The number of benzene rings is 4. The van der Waals surface area contributed by atoms with E-state index in [4.69, 9.17) is 19.4 Å². The van der Waals surface area contributed by atoms with Crippen LogP contribution >= 0.6 is 0 Å². The van der Waals surface area contributed by atoms with E-state index in [1.165, 1.54) is 48.5 Å². The fourth-order valence-corrected chi connectivity index (χ4v) is 6.06. The first-order valence-corrected chi connectivity index (χ1v) is 13.2. The summed E-state index contributed by atoms with van der Waals surface area (Å²) in [6.07, 6.45) is -1.04. The van der Waals surface area contributed by atoms with Gasteiger partial charge in [0.05, 0.1) is 0 Å². The molecule has 0 amide bonds. The van der Waals surface area contributed by atoms with Gasteiger partial charge in [-0.15, -0.1) is 0 Å². The third kappa shape index (κ3) is 4.60. The molecule has 2 aliphatic heterocycles. The molecule has 2 heterocycles. The number of carbonyl (C=O) groups is 1. The Morgan fingerprint density at radius 2 is 1.12 bits per heavy atom. The van der Waals surface area contributed by atoms with Crippen molar-refractivity contribution in [2.75, 3.05) is 6.61 Å². The van der Waals surface area contributed by atoms with Crippen LogP contribution in [0, 0.1) is 28.7 Å². The van der Waals surface area contributed by atoms with E-state index in [1.807, 2.05) is 0 Å². The van der Waals surface area contributed by atoms with Crippen molar-refractivity contribution in [2.24, 2.45) is 5.41 Å². The first kappa shape index (κ1) is 29.0. The highest BCUT2D eigenvalue weighted by Crippen LogP contribution is 2.61. The Morgan fingerprint density at radius 3 is 1.53 bits per heavy atom. The highest BCUT2D eigenvalue weighted by Gasteiger charge is 2.73. The minimum atomic E-state index is -2.46. The monoisotopic (exact) mass is 596 g/mol. The van der Waals surface area contributed by atoms with Crippen molar-refractivity contribution in [2.45, 2.75) is 29.8 Å². The predicted molar refractivity (Wildman–Crippen MR) is 141 cm³/mol. The molecule has 11 heteroatoms. The summed E-state index contributed by atoms with van der Waals surface area (Å²) in [5.41, 5.74) is -5.07. The zero-order chi connectivity index (χ0) is 30.5. The number of esters is 1. The SMILES string of the molecule is O=C1OCC2(O)OOC(c3ccc(F)cc3)(c3ccc(F)cc3)CC12CC(OO)(c1ccc(F)cc1)c1ccc(F)cc1. The van der Waals surface area contributed by atoms with Crippen LogP contribution in [0.1, 0.15) is 35.1 Å². The van der Waals surface area contributed by atoms with Gasteiger partial charge in [-0.2, -0.15) is 4.89 Å². The molecule has 2 aliphatic rings. The van der Waals surface area contributed by atoms with Gasteiger partial charge in [0.15, 0.2) is 11.2 Å². The van der Waals surface area contributed by atoms with Crippen LogP contribution in [0.25, 0.3) is 0 Å². The Hall–Kier alpha value is -4.13. The third-order valence-corrected chi connectivity index (χ3v) is 8.36. The van der Waals surface area contributed by atoms with Crippen LogP contribution in [0.15, 0.2) is 97.1 Å². The molecule has 2 atom stereocenters. The average Bonchev–Trinajstić information content (AvgIpc) is 3.26. The van der Waals surface area contributed by atoms with E-state index in [0.29, 0.717) is 0 Å². The summed E-state index contributed by atoms with van der Waals surface area (Å²) in [6, 6.07) is 19.8. The summed E-state index contributed by atoms with van der Waals surface area (Å²) in [7, 11) is 0. The van der Waals surface area contributed by atoms with Crippen molar-refractivity contribution >= 4 is 5.97 Å². The third-order valence-electron chi connectivity index (χ3n) is 8.36. The minimum absolute atomic E-state index is 0.139. The maximum absolute atomic E-state index is 14.0. The molecule has 2 N–H and O–H groups in total. The van der Waals surface area contributed by atoms with Crippen molar-refractivity contribution in [3.63, 3.8) is 0 Å². The number of rotatable bonds is 7. The molecule has 0 bridgehead atoms. The summed E-state index contributed by atoms with van der Waals surface area (Å²) in [4.78, 5) is 30.5. The van der Waals surface area contributed by atoms with E-state index in [9.17, 15) is 32.7 Å². The van der Waals surface area contributed by atoms with Gasteiger partial charge in [-0.1, -0.05) is 48.5 Å². The van der Waals surface area contributed by atoms with E-state index >= 15 is 0 Å². The number of hydrogen-bond donors (Lipinski definition) is 2. The zero-order valence-electron chi connectivity index (χ0n) is 22.3. The van der Waals surface area contributed by atoms with Crippen LogP contribution in [0.3, 0.4) is 0 Å². The van der Waals surface area contributed by atoms with Crippen molar-refractivity contribution in [1.29, 1.82) is 0 Å². The maximum Gasteiger partial charge on any atom is 0.318 e. The number of cyclic esters (lactones) is 1. The van der Waals surface area contributed by atoms with Gasteiger partial charge < -0.3 is 9.84 Å². The molecular weight excluding hydrogens is 572 g/mol. The summed E-state index contributed by atoms with van der Waals surface area (Å²) < 4.78 is 61.4. The number of halogens is 4. The lowest BCUT2D eigenvalue weighted by Gasteiger charge is -2.51. The quantitative estimate of drug-likeness (QED) is 0.119. The van der Waals surface area contributed by atoms with Gasteiger partial charge in [-0.3, -0.25) is 10.1 Å². The largest absolute Gasteiger partial charge is 0.459 e. The number of fused-ring (bicyclic) bond motifs is 1. The smallest absolute Gasteiger partial charge is 0.318 e. The van der Waals surface area contributed by atoms with Gasteiger partial charge in [0.2, 0.25) is 5.79 Å². The van der Waals surface area contributed by atoms with Crippen LogP contribution in [-0.2, 0) is 35.4 Å². The Morgan fingerprint density at radius 1 is 0.698 bits per heavy atom. The Kier molecular flexibility index (Phi) is 7.10. The van der Waals surface area contributed by atoms with Gasteiger partial charge in [0.25, 0.3) is 0 Å². The molecule has 0 saturated carbocycles. The highest BCUT2D eigenvalue weighted by molar-refractivity contribution is 5.81. The minimum Gasteiger partial charge on any atom is -0.459 e. The molecule has 2 unspecified atom stereocenters. The molecule has 7 nitrogen and oxygen atoms in total. The normalized spacial score (nSPS) is 23.1. The molecule has 0 aromatic heterocycles. The Labute approximate surface area is 242 Å². The predicted octanol–water partition coefficient (Wildman–Crippen LogP) is 5.89. The Bertz CT molecular complexity index is 1540. The van der Waals surface area contributed by atoms with E-state index in [0.717, 1.165) is 48.5 Å². The van der Waals surface area contributed by atoms with E-state index in [2.05, 4.69) is 0 Å². The van der Waals surface area contributed by atoms with Gasteiger partial charge in [0, 0.05) is 12.8 Å². The van der Waals surface area contributed by atoms with Crippen molar-refractivity contribution in [1.82, 2.24) is 0 Å². The Balaban J connectivity index is 1.59. The number of hydrogen-bond acceptors (Lipinski definition) is 7. The van der Waals surface area contributed by atoms with Crippen LogP contribution < -0.4 is 0 Å². The second kappa shape index (κ2) is 10.5. The first-order valence-electron chi connectivity index (χ1n) is 13.2. The topological polar surface area (TPSA) is 94.5 Å². The summed E-state index contributed by atoms with van der Waals surface area (Å²) in [5.74, 6) is -5.77. The lowest BCUT2D eigenvalue weighted by atomic mass is 9.61. The standard InChI is InChI=1S/C32H24F4O7/c33-24-9-1-20(2-10-24)30(41-39,21-3-11-25(34)12-4-21)17-29-18-31(22-5-13-26(35)14-6-22,23-7-15-27(36)16-8-23)42-43-32(29,38)19-40-28(29)37/h1-16,38-39H,17-19H2. The summed E-state index contributed by atoms with van der Waals surface area (Å²) in [5, 5.41) is 22.4. The van der Waals surface area contributed by atoms with Crippen molar-refractivity contribution < 1.29 is 52.1 Å².